The van der Waals surface area contributed by atoms with Crippen LogP contribution in [-0.4, -0.2) is 70.8 Å². The van der Waals surface area contributed by atoms with E-state index in [1.165, 1.54) is 10.6 Å². The molecule has 1 aliphatic rings. The zero-order valence-electron chi connectivity index (χ0n) is 24.7. The first kappa shape index (κ1) is 29.0. The minimum absolute atomic E-state index is 0.0816. The molecule has 3 heterocycles. The second-order valence-corrected chi connectivity index (χ2v) is 11.2. The molecule has 1 amide bonds. The zero-order chi connectivity index (χ0) is 31.1. The first-order valence-corrected chi connectivity index (χ1v) is 14.4. The van der Waals surface area contributed by atoms with Gasteiger partial charge in [-0.1, -0.05) is 30.3 Å². The van der Waals surface area contributed by atoms with Gasteiger partial charge in [0.1, 0.15) is 34.0 Å². The maximum Gasteiger partial charge on any atom is 0.254 e. The molecular formula is C34H33N3O7. The molecule has 10 heteroatoms. The molecular weight excluding hydrogens is 562 g/mol. The summed E-state index contributed by atoms with van der Waals surface area (Å²) in [5.41, 5.74) is 0.571. The number of phenolic OH excluding ortho intramolecular Hbond substituents is 2. The van der Waals surface area contributed by atoms with Crippen molar-refractivity contribution in [1.82, 2.24) is 14.4 Å². The van der Waals surface area contributed by atoms with Crippen LogP contribution in [0.5, 0.6) is 17.2 Å². The number of hydrogen-bond acceptors (Lipinski definition) is 8. The number of aromatic hydroxyl groups is 2. The van der Waals surface area contributed by atoms with E-state index in [0.717, 1.165) is 6.07 Å². The Hall–Kier alpha value is -5.09. The number of ether oxygens (including phenoxy) is 1. The molecule has 2 N–H and O–H groups in total. The molecule has 226 valence electrons. The summed E-state index contributed by atoms with van der Waals surface area (Å²) in [6.07, 6.45) is -0.173. The van der Waals surface area contributed by atoms with Gasteiger partial charge in [0.25, 0.3) is 5.56 Å². The Morgan fingerprint density at radius 2 is 1.66 bits per heavy atom. The highest BCUT2D eigenvalue weighted by Crippen LogP contribution is 2.43. The van der Waals surface area contributed by atoms with Crippen molar-refractivity contribution in [3.63, 3.8) is 0 Å². The molecule has 0 aliphatic carbocycles. The molecule has 0 bridgehead atoms. The van der Waals surface area contributed by atoms with Crippen molar-refractivity contribution in [3.8, 4) is 28.6 Å². The smallest absolute Gasteiger partial charge is 0.254 e. The Kier molecular flexibility index (Phi) is 7.60. The quantitative estimate of drug-likeness (QED) is 0.302. The van der Waals surface area contributed by atoms with Crippen molar-refractivity contribution < 1.29 is 24.2 Å². The number of methoxy groups -OCH3 is 1. The van der Waals surface area contributed by atoms with Gasteiger partial charge in [0.05, 0.1) is 12.6 Å². The summed E-state index contributed by atoms with van der Waals surface area (Å²) >= 11 is 0. The van der Waals surface area contributed by atoms with Crippen LogP contribution in [0.3, 0.4) is 0 Å². The summed E-state index contributed by atoms with van der Waals surface area (Å²) in [5, 5.41) is 22.8. The molecule has 5 aromatic rings. The number of fused-ring (bicyclic) bond motifs is 2. The number of piperazine rings is 1. The summed E-state index contributed by atoms with van der Waals surface area (Å²) in [7, 11) is 5.17. The molecule has 1 fully saturated rings. The number of rotatable bonds is 6. The van der Waals surface area contributed by atoms with Crippen LogP contribution in [-0.2, 0) is 11.8 Å². The predicted octanol–water partition coefficient (Wildman–Crippen LogP) is 4.03. The molecule has 2 aromatic heterocycles. The predicted molar refractivity (Wildman–Crippen MR) is 168 cm³/mol. The molecule has 1 atom stereocenters. The van der Waals surface area contributed by atoms with Gasteiger partial charge in [-0.25, -0.2) is 0 Å². The molecule has 6 rings (SSSR count). The second kappa shape index (κ2) is 11.5. The van der Waals surface area contributed by atoms with Crippen LogP contribution in [0.1, 0.15) is 23.5 Å². The summed E-state index contributed by atoms with van der Waals surface area (Å²) < 4.78 is 13.1. The van der Waals surface area contributed by atoms with Crippen molar-refractivity contribution in [2.45, 2.75) is 12.3 Å². The molecule has 0 spiro atoms. The van der Waals surface area contributed by atoms with Gasteiger partial charge in [-0.2, -0.15) is 0 Å². The topological polar surface area (TPSA) is 125 Å². The van der Waals surface area contributed by atoms with E-state index in [2.05, 4.69) is 4.90 Å². The molecule has 0 unspecified atom stereocenters. The van der Waals surface area contributed by atoms with Gasteiger partial charge < -0.3 is 33.7 Å². The van der Waals surface area contributed by atoms with Gasteiger partial charge in [0, 0.05) is 80.5 Å². The van der Waals surface area contributed by atoms with Gasteiger partial charge in [0.2, 0.25) is 5.91 Å². The molecule has 10 nitrogen and oxygen atoms in total. The average molecular weight is 596 g/mol. The lowest BCUT2D eigenvalue weighted by molar-refractivity contribution is -0.133. The largest absolute Gasteiger partial charge is 0.507 e. The first-order valence-electron chi connectivity index (χ1n) is 14.4. The SMILES string of the molecule is COc1ccc2cc([C@@H](CC(=O)N3CCN(C)CC3)c3c(O)cc(O)c4c(=O)cc(-c5ccccc5)oc34)c(=O)n(C)c2c1. The molecule has 44 heavy (non-hydrogen) atoms. The van der Waals surface area contributed by atoms with Crippen LogP contribution in [0.25, 0.3) is 33.2 Å². The zero-order valence-corrected chi connectivity index (χ0v) is 24.7. The Morgan fingerprint density at radius 1 is 0.932 bits per heavy atom. The lowest BCUT2D eigenvalue weighted by atomic mass is 9.85. The number of hydrogen-bond donors (Lipinski definition) is 2. The minimum Gasteiger partial charge on any atom is -0.507 e. The number of likely N-dealkylation sites (N-methyl/N-ethyl adjacent to an activating group) is 1. The number of pyridine rings is 1. The van der Waals surface area contributed by atoms with Crippen LogP contribution in [0.2, 0.25) is 0 Å². The molecule has 0 radical (unpaired) electrons. The monoisotopic (exact) mass is 595 g/mol. The van der Waals surface area contributed by atoms with E-state index in [9.17, 15) is 24.6 Å². The van der Waals surface area contributed by atoms with Crippen molar-refractivity contribution in [1.29, 1.82) is 0 Å². The molecule has 1 saturated heterocycles. The highest BCUT2D eigenvalue weighted by atomic mass is 16.5. The second-order valence-electron chi connectivity index (χ2n) is 11.2. The number of carbonyl (C=O) groups is 1. The fraction of sp³-hybridized carbons (Fsp3) is 0.265. The van der Waals surface area contributed by atoms with Crippen LogP contribution >= 0.6 is 0 Å². The average Bonchev–Trinajstić information content (AvgIpc) is 3.02. The molecule has 3 aromatic carbocycles. The maximum absolute atomic E-state index is 14.0. The molecule has 1 aliphatic heterocycles. The van der Waals surface area contributed by atoms with E-state index in [1.807, 2.05) is 19.2 Å². The number of benzene rings is 3. The lowest BCUT2D eigenvalue weighted by Gasteiger charge is -2.33. The normalized spacial score (nSPS) is 14.7. The number of carbonyl (C=O) groups excluding carboxylic acids is 1. The first-order chi connectivity index (χ1) is 21.2. The Morgan fingerprint density at radius 3 is 2.36 bits per heavy atom. The standard InChI is InChI=1S/C34H33N3O7/c1-35-11-13-37(14-12-35)30(41)17-23(24-15-21-9-10-22(43-3)16-25(21)36(2)34(24)42)31-26(38)18-27(39)32-28(40)19-29(44-33(31)32)20-7-5-4-6-8-20/h4-10,15-16,18-19,23,38-39H,11-14,17H2,1-3H3/t23-/m1/s1. The Labute approximate surface area is 252 Å². The highest BCUT2D eigenvalue weighted by Gasteiger charge is 2.32. The fourth-order valence-corrected chi connectivity index (χ4v) is 5.97. The van der Waals surface area contributed by atoms with Gasteiger partial charge in [0.15, 0.2) is 5.43 Å². The fourth-order valence-electron chi connectivity index (χ4n) is 5.97. The number of aryl methyl sites for hydroxylation is 1. The van der Waals surface area contributed by atoms with Gasteiger partial charge in [-0.15, -0.1) is 0 Å². The number of phenols is 2. The Bertz CT molecular complexity index is 2010. The summed E-state index contributed by atoms with van der Waals surface area (Å²) in [4.78, 5) is 45.2. The summed E-state index contributed by atoms with van der Waals surface area (Å²) in [6, 6.07) is 18.4. The van der Waals surface area contributed by atoms with Gasteiger partial charge in [-0.3, -0.25) is 14.4 Å². The highest BCUT2D eigenvalue weighted by molar-refractivity contribution is 5.91. The molecule has 0 saturated carbocycles. The Balaban J connectivity index is 1.61. The van der Waals surface area contributed by atoms with E-state index in [1.54, 1.807) is 61.5 Å². The maximum atomic E-state index is 14.0. The van der Waals surface area contributed by atoms with Crippen molar-refractivity contribution in [2.24, 2.45) is 7.05 Å². The number of aromatic nitrogens is 1. The van der Waals surface area contributed by atoms with Crippen molar-refractivity contribution >= 4 is 27.8 Å². The third-order valence-corrected chi connectivity index (χ3v) is 8.48. The van der Waals surface area contributed by atoms with Crippen molar-refractivity contribution in [3.05, 3.63) is 98.4 Å². The third kappa shape index (κ3) is 5.17. The van der Waals surface area contributed by atoms with E-state index in [0.29, 0.717) is 48.4 Å². The van der Waals surface area contributed by atoms with E-state index >= 15 is 0 Å². The third-order valence-electron chi connectivity index (χ3n) is 8.48. The number of nitrogens with zero attached hydrogens (tertiary/aromatic N) is 3. The minimum atomic E-state index is -1.01. The van der Waals surface area contributed by atoms with Crippen LogP contribution < -0.4 is 15.7 Å². The van der Waals surface area contributed by atoms with Crippen LogP contribution in [0, 0.1) is 0 Å². The van der Waals surface area contributed by atoms with Crippen LogP contribution in [0.15, 0.2) is 80.7 Å². The van der Waals surface area contributed by atoms with Crippen LogP contribution in [0.4, 0.5) is 0 Å². The van der Waals surface area contributed by atoms with Gasteiger partial charge in [-0.05, 0) is 30.6 Å². The number of amides is 1. The van der Waals surface area contributed by atoms with Gasteiger partial charge >= 0.3 is 0 Å². The summed E-state index contributed by atoms with van der Waals surface area (Å²) in [6.45, 7) is 2.46. The van der Waals surface area contributed by atoms with E-state index in [4.69, 9.17) is 9.15 Å². The van der Waals surface area contributed by atoms with Crippen molar-refractivity contribution in [2.75, 3.05) is 40.3 Å². The van der Waals surface area contributed by atoms with E-state index in [-0.39, 0.29) is 45.7 Å². The summed E-state index contributed by atoms with van der Waals surface area (Å²) in [5.74, 6) is -1.27. The lowest BCUT2D eigenvalue weighted by Crippen LogP contribution is -2.47. The van der Waals surface area contributed by atoms with E-state index < -0.39 is 22.8 Å².